The molecule has 0 aliphatic carbocycles. The fourth-order valence-electron chi connectivity index (χ4n) is 4.33. The van der Waals surface area contributed by atoms with Gasteiger partial charge in [0.15, 0.2) is 5.82 Å². The molecule has 3 N–H and O–H groups in total. The molecule has 1 aromatic carbocycles. The van der Waals surface area contributed by atoms with Crippen LogP contribution in [0, 0.1) is 0 Å². The Balaban J connectivity index is 1.32. The van der Waals surface area contributed by atoms with Gasteiger partial charge in [-0.25, -0.2) is 4.98 Å². The molecule has 0 unspecified atom stereocenters. The highest BCUT2D eigenvalue weighted by atomic mass is 16.3. The molecule has 4 heterocycles. The fourth-order valence-corrected chi connectivity index (χ4v) is 4.33. The molecule has 2 aromatic heterocycles. The number of aromatic nitrogens is 4. The van der Waals surface area contributed by atoms with Gasteiger partial charge in [0.2, 0.25) is 5.95 Å². The number of benzene rings is 1. The number of hydrogen-bond donors (Lipinski definition) is 3. The molecule has 0 radical (unpaired) electrons. The molecule has 2 saturated heterocycles. The lowest BCUT2D eigenvalue weighted by Gasteiger charge is -2.37. The van der Waals surface area contributed by atoms with Crippen LogP contribution >= 0.6 is 0 Å². The van der Waals surface area contributed by atoms with Gasteiger partial charge < -0.3 is 30.4 Å². The Kier molecular flexibility index (Phi) is 6.07. The maximum absolute atomic E-state index is 10.2. The predicted molar refractivity (Wildman–Crippen MR) is 130 cm³/mol. The maximum atomic E-state index is 10.2. The van der Waals surface area contributed by atoms with Crippen molar-refractivity contribution in [1.82, 2.24) is 25.5 Å². The Hall–Kier alpha value is -3.66. The van der Waals surface area contributed by atoms with Crippen LogP contribution in [-0.4, -0.2) is 84.7 Å². The lowest BCUT2D eigenvalue weighted by atomic mass is 10.1. The van der Waals surface area contributed by atoms with Gasteiger partial charge in [-0.15, -0.1) is 10.2 Å². The van der Waals surface area contributed by atoms with Gasteiger partial charge in [0.05, 0.1) is 11.4 Å². The van der Waals surface area contributed by atoms with Gasteiger partial charge in [-0.1, -0.05) is 12.1 Å². The number of nitrogens with zero attached hydrogens (tertiary/aromatic N) is 7. The van der Waals surface area contributed by atoms with E-state index in [-0.39, 0.29) is 5.75 Å². The summed E-state index contributed by atoms with van der Waals surface area (Å²) in [5.41, 5.74) is 2.29. The predicted octanol–water partition coefficient (Wildman–Crippen LogP) is 1.42. The summed E-state index contributed by atoms with van der Waals surface area (Å²) >= 11 is 0. The van der Waals surface area contributed by atoms with Crippen molar-refractivity contribution in [1.29, 1.82) is 0 Å². The molecule has 3 aromatic rings. The molecular formula is C23H29N9O. The molecule has 33 heavy (non-hydrogen) atoms. The van der Waals surface area contributed by atoms with Crippen molar-refractivity contribution < 1.29 is 5.11 Å². The Morgan fingerprint density at radius 3 is 2.42 bits per heavy atom. The highest BCUT2D eigenvalue weighted by Crippen LogP contribution is 2.32. The lowest BCUT2D eigenvalue weighted by molar-refractivity contribution is 0.477. The molecule has 0 spiro atoms. The monoisotopic (exact) mass is 447 g/mol. The summed E-state index contributed by atoms with van der Waals surface area (Å²) in [7, 11) is 1.85. The molecule has 0 amide bonds. The van der Waals surface area contributed by atoms with E-state index in [9.17, 15) is 5.11 Å². The first kappa shape index (κ1) is 21.2. The highest BCUT2D eigenvalue weighted by molar-refractivity contribution is 5.75. The summed E-state index contributed by atoms with van der Waals surface area (Å²) in [6, 6.07) is 11.2. The summed E-state index contributed by atoms with van der Waals surface area (Å²) in [6.07, 6.45) is 1.86. The summed E-state index contributed by atoms with van der Waals surface area (Å²) in [6.45, 7) is 7.12. The van der Waals surface area contributed by atoms with E-state index in [1.165, 1.54) is 0 Å². The van der Waals surface area contributed by atoms with E-state index in [1.807, 2.05) is 37.5 Å². The minimum Gasteiger partial charge on any atom is -0.507 e. The van der Waals surface area contributed by atoms with E-state index < -0.39 is 0 Å². The Labute approximate surface area is 193 Å². The van der Waals surface area contributed by atoms with Crippen LogP contribution in [0.4, 0.5) is 23.3 Å². The number of phenolic OH excluding ortho intramolecular Hbond substituents is 1. The largest absolute Gasteiger partial charge is 0.507 e. The summed E-state index contributed by atoms with van der Waals surface area (Å²) in [4.78, 5) is 16.2. The quantitative estimate of drug-likeness (QED) is 0.532. The van der Waals surface area contributed by atoms with E-state index >= 15 is 0 Å². The number of para-hydroxylation sites is 1. The Morgan fingerprint density at radius 1 is 0.909 bits per heavy atom. The zero-order chi connectivity index (χ0) is 22.6. The first-order chi connectivity index (χ1) is 16.2. The lowest BCUT2D eigenvalue weighted by Crippen LogP contribution is -2.47. The van der Waals surface area contributed by atoms with Crippen molar-refractivity contribution in [3.63, 3.8) is 0 Å². The van der Waals surface area contributed by atoms with Crippen LogP contribution in [-0.2, 0) is 0 Å². The van der Waals surface area contributed by atoms with E-state index in [0.717, 1.165) is 75.6 Å². The summed E-state index contributed by atoms with van der Waals surface area (Å²) in [5.74, 6) is 2.69. The second-order valence-electron chi connectivity index (χ2n) is 8.16. The first-order valence-electron chi connectivity index (χ1n) is 11.4. The smallest absolute Gasteiger partial charge is 0.227 e. The maximum Gasteiger partial charge on any atom is 0.227 e. The average Bonchev–Trinajstić information content (AvgIpc) is 2.89. The number of aromatic hydroxyl groups is 1. The van der Waals surface area contributed by atoms with Gasteiger partial charge in [-0.3, -0.25) is 0 Å². The molecule has 2 aliphatic rings. The number of anilines is 4. The zero-order valence-electron chi connectivity index (χ0n) is 18.8. The average molecular weight is 448 g/mol. The third kappa shape index (κ3) is 4.47. The van der Waals surface area contributed by atoms with Crippen LogP contribution in [0.5, 0.6) is 5.75 Å². The van der Waals surface area contributed by atoms with Crippen molar-refractivity contribution >= 4 is 23.3 Å². The number of piperazine rings is 2. The number of phenols is 1. The van der Waals surface area contributed by atoms with Crippen LogP contribution in [0.25, 0.3) is 11.3 Å². The van der Waals surface area contributed by atoms with Crippen LogP contribution in [0.2, 0.25) is 0 Å². The third-order valence-corrected chi connectivity index (χ3v) is 6.16. The van der Waals surface area contributed by atoms with Crippen LogP contribution in [0.3, 0.4) is 0 Å². The van der Waals surface area contributed by atoms with E-state index in [2.05, 4.69) is 40.5 Å². The zero-order valence-corrected chi connectivity index (χ0v) is 18.8. The molecule has 2 aliphatic heterocycles. The molecule has 10 heteroatoms. The summed E-state index contributed by atoms with van der Waals surface area (Å²) in [5, 5.41) is 25.5. The number of hydrogen-bond acceptors (Lipinski definition) is 10. The van der Waals surface area contributed by atoms with Crippen molar-refractivity contribution in [2.24, 2.45) is 0 Å². The van der Waals surface area contributed by atoms with Gasteiger partial charge in [0.1, 0.15) is 11.6 Å². The second-order valence-corrected chi connectivity index (χ2v) is 8.16. The van der Waals surface area contributed by atoms with Crippen molar-refractivity contribution in [2.75, 3.05) is 79.4 Å². The topological polar surface area (TPSA) is 106 Å². The number of nitrogens with one attached hydrogen (secondary N) is 2. The van der Waals surface area contributed by atoms with Crippen molar-refractivity contribution in [2.45, 2.75) is 0 Å². The van der Waals surface area contributed by atoms with Gasteiger partial charge in [-0.05, 0) is 24.3 Å². The van der Waals surface area contributed by atoms with Gasteiger partial charge in [0, 0.05) is 71.2 Å². The van der Waals surface area contributed by atoms with Crippen LogP contribution in [0.1, 0.15) is 0 Å². The van der Waals surface area contributed by atoms with Crippen molar-refractivity contribution in [3.05, 3.63) is 42.6 Å². The Morgan fingerprint density at radius 2 is 1.67 bits per heavy atom. The molecule has 0 bridgehead atoms. The second kappa shape index (κ2) is 9.45. The van der Waals surface area contributed by atoms with Gasteiger partial charge in [-0.2, -0.15) is 4.98 Å². The molecule has 2 fully saturated rings. The molecule has 5 rings (SSSR count). The minimum absolute atomic E-state index is 0.196. The minimum atomic E-state index is 0.196. The molecular weight excluding hydrogens is 418 g/mol. The number of rotatable bonds is 5. The van der Waals surface area contributed by atoms with E-state index in [4.69, 9.17) is 4.98 Å². The fraction of sp³-hybridized carbons (Fsp3) is 0.391. The first-order valence-corrected chi connectivity index (χ1v) is 11.4. The standard InChI is InChI=1S/C23H29N9O/c1-24-22-19(16-18(28-29-22)17-4-2-3-5-20(17)33)30-12-14-32(15-13-30)23-26-7-6-21(27-23)31-10-8-25-9-11-31/h2-7,16,25,33H,8-15H2,1H3,(H,24,29). The normalized spacial score (nSPS) is 16.7. The SMILES string of the molecule is CNc1nnc(-c2ccccc2O)cc1N1CCN(c2nccc(N3CCNCC3)n2)CC1. The van der Waals surface area contributed by atoms with E-state index in [0.29, 0.717) is 11.3 Å². The van der Waals surface area contributed by atoms with Gasteiger partial charge >= 0.3 is 0 Å². The molecule has 0 saturated carbocycles. The van der Waals surface area contributed by atoms with E-state index in [1.54, 1.807) is 12.1 Å². The Bertz CT molecular complexity index is 1090. The summed E-state index contributed by atoms with van der Waals surface area (Å²) < 4.78 is 0. The van der Waals surface area contributed by atoms with Crippen molar-refractivity contribution in [3.8, 4) is 17.0 Å². The van der Waals surface area contributed by atoms with Crippen LogP contribution in [0.15, 0.2) is 42.6 Å². The highest BCUT2D eigenvalue weighted by Gasteiger charge is 2.23. The third-order valence-electron chi connectivity index (χ3n) is 6.16. The van der Waals surface area contributed by atoms with Crippen LogP contribution < -0.4 is 25.3 Å². The molecule has 0 atom stereocenters. The molecule has 10 nitrogen and oxygen atoms in total. The molecule has 172 valence electrons. The van der Waals surface area contributed by atoms with Gasteiger partial charge in [0.25, 0.3) is 0 Å².